The molecule has 24 heavy (non-hydrogen) atoms. The van der Waals surface area contributed by atoms with Crippen LogP contribution in [0.15, 0.2) is 27.5 Å². The molecule has 1 aromatic carbocycles. The number of nitro groups is 1. The first-order valence-corrected chi connectivity index (χ1v) is 7.06. The maximum Gasteiger partial charge on any atom is 0.296 e. The van der Waals surface area contributed by atoms with Crippen molar-refractivity contribution in [1.82, 2.24) is 9.88 Å². The van der Waals surface area contributed by atoms with Gasteiger partial charge in [-0.15, -0.1) is 0 Å². The van der Waals surface area contributed by atoms with Crippen molar-refractivity contribution in [3.63, 3.8) is 0 Å². The lowest BCUT2D eigenvalue weighted by Crippen LogP contribution is -2.24. The third-order valence-corrected chi connectivity index (χ3v) is 4.02. The number of benzene rings is 1. The second kappa shape index (κ2) is 5.23. The Morgan fingerprint density at radius 3 is 2.50 bits per heavy atom. The summed E-state index contributed by atoms with van der Waals surface area (Å²) in [7, 11) is 0. The molecule has 0 unspecified atom stereocenters. The molecule has 0 saturated carbocycles. The summed E-state index contributed by atoms with van der Waals surface area (Å²) < 4.78 is 14.1. The third kappa shape index (κ3) is 2.17. The Morgan fingerprint density at radius 2 is 1.88 bits per heavy atom. The summed E-state index contributed by atoms with van der Waals surface area (Å²) >= 11 is 2.87. The molecule has 0 atom stereocenters. The molecule has 2 aromatic rings. The van der Waals surface area contributed by atoms with Gasteiger partial charge < -0.3 is 5.73 Å². The standard InChI is InChI=1S/C13H6BrFN4O5/c14-5-2-7(8(19(23)24)3-6(5)15)18-9(20)1-4-10(11(18)16)13(22)17-12(4)21/h1-3H,16H2,(H,17,21,22). The maximum atomic E-state index is 13.6. The Balaban J connectivity index is 2.41. The number of nitro benzene ring substituents is 1. The highest BCUT2D eigenvalue weighted by atomic mass is 79.9. The van der Waals surface area contributed by atoms with E-state index in [1.807, 2.05) is 5.32 Å². The molecule has 1 aliphatic rings. The van der Waals surface area contributed by atoms with Gasteiger partial charge in [0.1, 0.15) is 17.3 Å². The second-order valence-corrected chi connectivity index (χ2v) is 5.64. The summed E-state index contributed by atoms with van der Waals surface area (Å²) in [6.07, 6.45) is 0. The number of carbonyl (C=O) groups is 2. The number of nitrogens with one attached hydrogen (secondary N) is 1. The van der Waals surface area contributed by atoms with E-state index >= 15 is 0 Å². The van der Waals surface area contributed by atoms with Crippen LogP contribution in [0.4, 0.5) is 15.9 Å². The van der Waals surface area contributed by atoms with Gasteiger partial charge in [-0.1, -0.05) is 0 Å². The highest BCUT2D eigenvalue weighted by molar-refractivity contribution is 9.10. The van der Waals surface area contributed by atoms with E-state index in [9.17, 15) is 28.9 Å². The Hall–Kier alpha value is -3.08. The van der Waals surface area contributed by atoms with Gasteiger partial charge in [-0.05, 0) is 22.0 Å². The fourth-order valence-corrected chi connectivity index (χ4v) is 2.71. The first kappa shape index (κ1) is 15.8. The molecule has 0 saturated heterocycles. The van der Waals surface area contributed by atoms with Gasteiger partial charge in [0.05, 0.1) is 26.6 Å². The van der Waals surface area contributed by atoms with Crippen LogP contribution in [-0.4, -0.2) is 21.3 Å². The second-order valence-electron chi connectivity index (χ2n) is 4.79. The lowest BCUT2D eigenvalue weighted by Gasteiger charge is -2.12. The number of halogens is 2. The SMILES string of the molecule is Nc1c2c(cc(=O)n1-c1cc(Br)c(F)cc1[N+](=O)[O-])C(=O)NC2=O. The van der Waals surface area contributed by atoms with Crippen LogP contribution in [0.3, 0.4) is 0 Å². The van der Waals surface area contributed by atoms with Crippen LogP contribution in [0.25, 0.3) is 5.69 Å². The number of aromatic nitrogens is 1. The molecule has 0 spiro atoms. The molecule has 1 aromatic heterocycles. The molecule has 0 fully saturated rings. The summed E-state index contributed by atoms with van der Waals surface area (Å²) in [6, 6.07) is 2.45. The Kier molecular flexibility index (Phi) is 3.44. The van der Waals surface area contributed by atoms with E-state index in [1.165, 1.54) is 0 Å². The molecular weight excluding hydrogens is 391 g/mol. The van der Waals surface area contributed by atoms with Gasteiger partial charge in [-0.2, -0.15) is 0 Å². The first-order valence-electron chi connectivity index (χ1n) is 6.27. The zero-order valence-corrected chi connectivity index (χ0v) is 13.1. The number of pyridine rings is 1. The Morgan fingerprint density at radius 1 is 1.21 bits per heavy atom. The minimum atomic E-state index is -0.911. The van der Waals surface area contributed by atoms with E-state index in [1.54, 1.807) is 0 Å². The quantitative estimate of drug-likeness (QED) is 0.443. The molecular formula is C13H6BrFN4O5. The van der Waals surface area contributed by atoms with Gasteiger partial charge in [0.25, 0.3) is 23.1 Å². The van der Waals surface area contributed by atoms with Crippen molar-refractivity contribution in [3.05, 3.63) is 60.1 Å². The van der Waals surface area contributed by atoms with E-state index in [4.69, 9.17) is 5.73 Å². The average Bonchev–Trinajstić information content (AvgIpc) is 2.76. The molecule has 0 bridgehead atoms. The summed E-state index contributed by atoms with van der Waals surface area (Å²) in [4.78, 5) is 46.0. The number of imide groups is 1. The fraction of sp³-hybridized carbons (Fsp3) is 0. The molecule has 3 N–H and O–H groups in total. The number of hydrogen-bond donors (Lipinski definition) is 2. The normalized spacial score (nSPS) is 12.9. The lowest BCUT2D eigenvalue weighted by molar-refractivity contribution is -0.384. The monoisotopic (exact) mass is 396 g/mol. The van der Waals surface area contributed by atoms with Crippen molar-refractivity contribution >= 4 is 39.2 Å². The van der Waals surface area contributed by atoms with Crippen molar-refractivity contribution in [2.24, 2.45) is 0 Å². The minimum Gasteiger partial charge on any atom is -0.384 e. The maximum absolute atomic E-state index is 13.6. The van der Waals surface area contributed by atoms with Crippen molar-refractivity contribution in [3.8, 4) is 5.69 Å². The van der Waals surface area contributed by atoms with Crippen LogP contribution in [0.5, 0.6) is 0 Å². The molecule has 11 heteroatoms. The van der Waals surface area contributed by atoms with Crippen molar-refractivity contribution in [1.29, 1.82) is 0 Å². The number of anilines is 1. The molecule has 0 radical (unpaired) electrons. The fourth-order valence-electron chi connectivity index (χ4n) is 2.38. The van der Waals surface area contributed by atoms with Crippen LogP contribution in [0.1, 0.15) is 20.7 Å². The van der Waals surface area contributed by atoms with Crippen molar-refractivity contribution in [2.45, 2.75) is 0 Å². The zero-order chi connectivity index (χ0) is 17.8. The van der Waals surface area contributed by atoms with E-state index in [0.29, 0.717) is 10.6 Å². The molecule has 3 rings (SSSR count). The van der Waals surface area contributed by atoms with Gasteiger partial charge in [0, 0.05) is 6.07 Å². The van der Waals surface area contributed by atoms with E-state index in [2.05, 4.69) is 15.9 Å². The number of nitrogens with zero attached hydrogens (tertiary/aromatic N) is 2. The molecule has 9 nitrogen and oxygen atoms in total. The topological polar surface area (TPSA) is 137 Å². The highest BCUT2D eigenvalue weighted by Crippen LogP contribution is 2.31. The highest BCUT2D eigenvalue weighted by Gasteiger charge is 2.33. The zero-order valence-electron chi connectivity index (χ0n) is 11.5. The number of hydrogen-bond acceptors (Lipinski definition) is 6. The summed E-state index contributed by atoms with van der Waals surface area (Å²) in [6.45, 7) is 0. The van der Waals surface area contributed by atoms with Crippen molar-refractivity contribution < 1.29 is 18.9 Å². The van der Waals surface area contributed by atoms with Crippen molar-refractivity contribution in [2.75, 3.05) is 5.73 Å². The number of rotatable bonds is 2. The Labute approximate surface area is 140 Å². The molecule has 122 valence electrons. The van der Waals surface area contributed by atoms with Crippen LogP contribution >= 0.6 is 15.9 Å². The smallest absolute Gasteiger partial charge is 0.296 e. The Bertz CT molecular complexity index is 1020. The molecule has 1 aliphatic heterocycles. The summed E-state index contributed by atoms with van der Waals surface area (Å²) in [5, 5.41) is 13.1. The molecule has 0 aliphatic carbocycles. The molecule has 2 heterocycles. The minimum absolute atomic E-state index is 0.143. The van der Waals surface area contributed by atoms with Gasteiger partial charge in [-0.3, -0.25) is 34.4 Å². The predicted octanol–water partition coefficient (Wildman–Crippen LogP) is 1.11. The van der Waals surface area contributed by atoms with Gasteiger partial charge in [-0.25, -0.2) is 4.39 Å². The van der Waals surface area contributed by atoms with Gasteiger partial charge in [0.15, 0.2) is 0 Å². The number of fused-ring (bicyclic) bond motifs is 1. The van der Waals surface area contributed by atoms with Crippen LogP contribution in [0.2, 0.25) is 0 Å². The number of nitrogens with two attached hydrogens (primary N) is 1. The number of amides is 2. The number of nitrogen functional groups attached to an aromatic ring is 1. The van der Waals surface area contributed by atoms with Crippen LogP contribution < -0.4 is 16.6 Å². The number of carbonyl (C=O) groups excluding carboxylic acids is 2. The molecule has 2 amide bonds. The van der Waals surface area contributed by atoms with Gasteiger partial charge >= 0.3 is 0 Å². The first-order chi connectivity index (χ1) is 11.2. The summed E-state index contributed by atoms with van der Waals surface area (Å²) in [5.74, 6) is -2.99. The summed E-state index contributed by atoms with van der Waals surface area (Å²) in [5.41, 5.74) is 3.36. The largest absolute Gasteiger partial charge is 0.384 e. The lowest BCUT2D eigenvalue weighted by atomic mass is 10.1. The van der Waals surface area contributed by atoms with Gasteiger partial charge in [0.2, 0.25) is 0 Å². The predicted molar refractivity (Wildman–Crippen MR) is 82.6 cm³/mol. The van der Waals surface area contributed by atoms with Crippen LogP contribution in [0, 0.1) is 15.9 Å². The average molecular weight is 397 g/mol. The van der Waals surface area contributed by atoms with E-state index in [-0.39, 0.29) is 21.3 Å². The third-order valence-electron chi connectivity index (χ3n) is 3.41. The van der Waals surface area contributed by atoms with E-state index in [0.717, 1.165) is 12.1 Å². The van der Waals surface area contributed by atoms with Crippen LogP contribution in [-0.2, 0) is 0 Å². The van der Waals surface area contributed by atoms with E-state index < -0.39 is 39.6 Å².